The number of carbonyl (C=O) groups excluding carboxylic acids is 1. The van der Waals surface area contributed by atoms with Crippen molar-refractivity contribution >= 4 is 28.9 Å². The van der Waals surface area contributed by atoms with Gasteiger partial charge in [-0.15, -0.1) is 0 Å². The third kappa shape index (κ3) is 4.99. The number of benzene rings is 3. The minimum Gasteiger partial charge on any atom is -0.334 e. The Kier molecular flexibility index (Phi) is 6.73. The lowest BCUT2D eigenvalue weighted by molar-refractivity contribution is -0.383. The number of hydrazine groups is 1. The van der Waals surface area contributed by atoms with E-state index in [1.165, 1.54) is 6.33 Å². The van der Waals surface area contributed by atoms with Crippen LogP contribution in [0, 0.1) is 17.0 Å². The molecule has 34 heavy (non-hydrogen) atoms. The van der Waals surface area contributed by atoms with Gasteiger partial charge in [-0.1, -0.05) is 78.9 Å². The van der Waals surface area contributed by atoms with Crippen LogP contribution in [0.4, 0.5) is 23.0 Å². The smallest absolute Gasteiger partial charge is 0.334 e. The predicted octanol–water partition coefficient (Wildman–Crippen LogP) is 4.71. The highest BCUT2D eigenvalue weighted by Gasteiger charge is 2.26. The van der Waals surface area contributed by atoms with Crippen molar-refractivity contribution in [2.45, 2.75) is 12.8 Å². The quantitative estimate of drug-likeness (QED) is 0.260. The molecular weight excluding hydrogens is 432 g/mol. The number of rotatable bonds is 8. The van der Waals surface area contributed by atoms with Crippen molar-refractivity contribution in [3.05, 3.63) is 118 Å². The van der Waals surface area contributed by atoms with Gasteiger partial charge in [-0.25, -0.2) is 9.97 Å². The van der Waals surface area contributed by atoms with Gasteiger partial charge in [0, 0.05) is 5.69 Å². The second-order valence-corrected chi connectivity index (χ2v) is 7.49. The molecule has 4 rings (SSSR count). The number of para-hydroxylation sites is 1. The van der Waals surface area contributed by atoms with Gasteiger partial charge < -0.3 is 5.32 Å². The average molecular weight is 454 g/mol. The molecule has 0 saturated carbocycles. The fourth-order valence-electron chi connectivity index (χ4n) is 3.55. The van der Waals surface area contributed by atoms with Crippen LogP contribution in [-0.4, -0.2) is 20.8 Å². The molecule has 0 fully saturated rings. The predicted molar refractivity (Wildman–Crippen MR) is 130 cm³/mol. The third-order valence-corrected chi connectivity index (χ3v) is 5.24. The van der Waals surface area contributed by atoms with Gasteiger partial charge in [0.1, 0.15) is 6.33 Å². The van der Waals surface area contributed by atoms with Crippen molar-refractivity contribution in [3.8, 4) is 0 Å². The summed E-state index contributed by atoms with van der Waals surface area (Å²) in [6.07, 6.45) is 1.19. The van der Waals surface area contributed by atoms with Crippen LogP contribution in [0.25, 0.3) is 0 Å². The molecule has 0 aliphatic heterocycles. The second-order valence-electron chi connectivity index (χ2n) is 7.49. The molecule has 9 heteroatoms. The van der Waals surface area contributed by atoms with Crippen molar-refractivity contribution in [1.29, 1.82) is 0 Å². The van der Waals surface area contributed by atoms with Crippen molar-refractivity contribution < 1.29 is 9.72 Å². The first-order valence-electron chi connectivity index (χ1n) is 10.5. The van der Waals surface area contributed by atoms with Gasteiger partial charge in [-0.05, 0) is 29.7 Å². The zero-order chi connectivity index (χ0) is 23.9. The zero-order valence-electron chi connectivity index (χ0n) is 18.3. The Morgan fingerprint density at radius 2 is 1.41 bits per heavy atom. The molecule has 170 valence electrons. The summed E-state index contributed by atoms with van der Waals surface area (Å²) in [6, 6.07) is 25.9. The Balaban J connectivity index is 1.60. The summed E-state index contributed by atoms with van der Waals surface area (Å²) in [5.74, 6) is -1.14. The molecule has 0 radical (unpaired) electrons. The van der Waals surface area contributed by atoms with E-state index < -0.39 is 16.7 Å². The van der Waals surface area contributed by atoms with Crippen LogP contribution in [0.3, 0.4) is 0 Å². The van der Waals surface area contributed by atoms with Crippen molar-refractivity contribution in [2.24, 2.45) is 0 Å². The minimum atomic E-state index is -0.625. The lowest BCUT2D eigenvalue weighted by atomic mass is 9.91. The minimum absolute atomic E-state index is 0.00807. The molecule has 1 aromatic heterocycles. The largest absolute Gasteiger partial charge is 0.355 e. The van der Waals surface area contributed by atoms with Gasteiger partial charge in [0.2, 0.25) is 17.5 Å². The third-order valence-electron chi connectivity index (χ3n) is 5.24. The fraction of sp³-hybridized carbons (Fsp3) is 0.0800. The van der Waals surface area contributed by atoms with E-state index in [9.17, 15) is 14.9 Å². The molecule has 1 heterocycles. The van der Waals surface area contributed by atoms with E-state index in [1.807, 2.05) is 85.8 Å². The van der Waals surface area contributed by atoms with Gasteiger partial charge >= 0.3 is 5.69 Å². The maximum atomic E-state index is 13.2. The summed E-state index contributed by atoms with van der Waals surface area (Å²) in [6.45, 7) is 1.88. The molecule has 1 amide bonds. The van der Waals surface area contributed by atoms with E-state index >= 15 is 0 Å². The van der Waals surface area contributed by atoms with E-state index in [4.69, 9.17) is 0 Å². The molecule has 0 aliphatic rings. The summed E-state index contributed by atoms with van der Waals surface area (Å²) in [7, 11) is 0. The Bertz CT molecular complexity index is 1260. The maximum absolute atomic E-state index is 13.2. The molecule has 0 aliphatic carbocycles. The lowest BCUT2D eigenvalue weighted by Crippen LogP contribution is -2.35. The second kappa shape index (κ2) is 10.2. The molecular formula is C25H22N6O3. The Morgan fingerprint density at radius 1 is 0.853 bits per heavy atom. The number of nitrogens with one attached hydrogen (secondary N) is 3. The lowest BCUT2D eigenvalue weighted by Gasteiger charge is -2.18. The number of aryl methyl sites for hydroxylation is 1. The highest BCUT2D eigenvalue weighted by atomic mass is 16.6. The topological polar surface area (TPSA) is 122 Å². The van der Waals surface area contributed by atoms with Crippen molar-refractivity contribution in [1.82, 2.24) is 15.4 Å². The number of carbonyl (C=O) groups is 1. The number of hydrogen-bond donors (Lipinski definition) is 3. The molecule has 3 N–H and O–H groups in total. The van der Waals surface area contributed by atoms with Crippen LogP contribution in [-0.2, 0) is 4.79 Å². The standard InChI is InChI=1S/C25H22N6O3/c1-17-10-8-9-15-20(17)28-23-22(31(33)34)24(27-16-26-23)29-30-25(32)21(18-11-4-2-5-12-18)19-13-6-3-7-14-19/h2-16,21H,1H3,(H,30,32)(H2,26,27,28,29). The Labute approximate surface area is 196 Å². The summed E-state index contributed by atoms with van der Waals surface area (Å²) >= 11 is 0. The van der Waals surface area contributed by atoms with E-state index in [0.29, 0.717) is 5.69 Å². The van der Waals surface area contributed by atoms with Crippen molar-refractivity contribution in [2.75, 3.05) is 10.7 Å². The van der Waals surface area contributed by atoms with Crippen LogP contribution in [0.2, 0.25) is 0 Å². The first kappa shape index (κ1) is 22.4. The molecule has 9 nitrogen and oxygen atoms in total. The Hall–Kier alpha value is -4.79. The zero-order valence-corrected chi connectivity index (χ0v) is 18.3. The summed E-state index contributed by atoms with van der Waals surface area (Å²) in [5, 5.41) is 14.9. The first-order valence-corrected chi connectivity index (χ1v) is 10.5. The van der Waals surface area contributed by atoms with Crippen LogP contribution in [0.1, 0.15) is 22.6 Å². The van der Waals surface area contributed by atoms with E-state index in [0.717, 1.165) is 16.7 Å². The number of aromatic nitrogens is 2. The number of amides is 1. The first-order chi connectivity index (χ1) is 16.5. The summed E-state index contributed by atoms with van der Waals surface area (Å²) < 4.78 is 0. The van der Waals surface area contributed by atoms with Gasteiger partial charge in [-0.2, -0.15) is 0 Å². The van der Waals surface area contributed by atoms with Crippen LogP contribution in [0.15, 0.2) is 91.3 Å². The van der Waals surface area contributed by atoms with Crippen LogP contribution in [0.5, 0.6) is 0 Å². The molecule has 0 bridgehead atoms. The molecule has 4 aromatic rings. The van der Waals surface area contributed by atoms with Gasteiger partial charge in [-0.3, -0.25) is 25.8 Å². The normalized spacial score (nSPS) is 10.5. The van der Waals surface area contributed by atoms with Crippen molar-refractivity contribution in [3.63, 3.8) is 0 Å². The monoisotopic (exact) mass is 454 g/mol. The fourth-order valence-corrected chi connectivity index (χ4v) is 3.55. The molecule has 0 unspecified atom stereocenters. The van der Waals surface area contributed by atoms with Gasteiger partial charge in [0.05, 0.1) is 10.8 Å². The number of hydrogen-bond acceptors (Lipinski definition) is 7. The van der Waals surface area contributed by atoms with Crippen LogP contribution < -0.4 is 16.2 Å². The van der Waals surface area contributed by atoms with E-state index in [1.54, 1.807) is 6.07 Å². The van der Waals surface area contributed by atoms with Crippen LogP contribution >= 0.6 is 0 Å². The molecule has 0 spiro atoms. The van der Waals surface area contributed by atoms with E-state index in [2.05, 4.69) is 26.1 Å². The summed E-state index contributed by atoms with van der Waals surface area (Å²) in [5.41, 5.74) is 7.96. The van der Waals surface area contributed by atoms with Gasteiger partial charge in [0.25, 0.3) is 0 Å². The highest BCUT2D eigenvalue weighted by Crippen LogP contribution is 2.32. The number of anilines is 3. The Morgan fingerprint density at radius 3 is 2.00 bits per heavy atom. The molecule has 3 aromatic carbocycles. The SMILES string of the molecule is Cc1ccccc1Nc1ncnc(NNC(=O)C(c2ccccc2)c2ccccc2)c1[N+](=O)[O-]. The average Bonchev–Trinajstić information content (AvgIpc) is 2.85. The number of nitro groups is 1. The number of nitrogens with zero attached hydrogens (tertiary/aromatic N) is 3. The van der Waals surface area contributed by atoms with Gasteiger partial charge in [0.15, 0.2) is 0 Å². The van der Waals surface area contributed by atoms with E-state index in [-0.39, 0.29) is 17.3 Å². The molecule has 0 saturated heterocycles. The summed E-state index contributed by atoms with van der Waals surface area (Å²) in [4.78, 5) is 32.5. The highest BCUT2D eigenvalue weighted by molar-refractivity contribution is 5.88. The molecule has 0 atom stereocenters. The maximum Gasteiger partial charge on any atom is 0.355 e.